The summed E-state index contributed by atoms with van der Waals surface area (Å²) in [4.78, 5) is 18.6. The summed E-state index contributed by atoms with van der Waals surface area (Å²) in [6.45, 7) is 1.17. The maximum absolute atomic E-state index is 12.5. The largest absolute Gasteiger partial charge is 0.496 e. The number of carbonyl (C=O) groups is 1. The highest BCUT2D eigenvalue weighted by atomic mass is 16.5. The van der Waals surface area contributed by atoms with E-state index in [-0.39, 0.29) is 5.91 Å². The van der Waals surface area contributed by atoms with Crippen molar-refractivity contribution in [2.24, 2.45) is 0 Å². The molecule has 0 unspecified atom stereocenters. The van der Waals surface area contributed by atoms with Crippen molar-refractivity contribution in [3.8, 4) is 5.75 Å². The van der Waals surface area contributed by atoms with Gasteiger partial charge in [-0.25, -0.2) is 0 Å². The van der Waals surface area contributed by atoms with E-state index in [0.29, 0.717) is 24.4 Å². The van der Waals surface area contributed by atoms with Crippen molar-refractivity contribution in [3.63, 3.8) is 0 Å². The molecule has 1 aliphatic heterocycles. The molecule has 0 bridgehead atoms. The van der Waals surface area contributed by atoms with Crippen LogP contribution < -0.4 is 4.74 Å². The predicted octanol–water partition coefficient (Wildman–Crippen LogP) is 2.25. The van der Waals surface area contributed by atoms with Crippen LogP contribution in [0.3, 0.4) is 0 Å². The Bertz CT molecular complexity index is 600. The SMILES string of the molecule is COc1ccccc1C(=O)N1Cc2cccnc2C1. The molecule has 0 saturated carbocycles. The van der Waals surface area contributed by atoms with Gasteiger partial charge >= 0.3 is 0 Å². The van der Waals surface area contributed by atoms with Crippen LogP contribution in [0, 0.1) is 0 Å². The van der Waals surface area contributed by atoms with Crippen LogP contribution in [-0.2, 0) is 13.1 Å². The molecule has 19 heavy (non-hydrogen) atoms. The molecular formula is C15H14N2O2. The van der Waals surface area contributed by atoms with Crippen molar-refractivity contribution < 1.29 is 9.53 Å². The van der Waals surface area contributed by atoms with Gasteiger partial charge in [-0.15, -0.1) is 0 Å². The Balaban J connectivity index is 1.87. The molecule has 2 aromatic rings. The van der Waals surface area contributed by atoms with Crippen molar-refractivity contribution in [1.82, 2.24) is 9.88 Å². The van der Waals surface area contributed by atoms with Gasteiger partial charge in [-0.1, -0.05) is 18.2 Å². The maximum atomic E-state index is 12.5. The van der Waals surface area contributed by atoms with Crippen LogP contribution in [0.2, 0.25) is 0 Å². The second kappa shape index (κ2) is 4.72. The van der Waals surface area contributed by atoms with Crippen molar-refractivity contribution in [2.75, 3.05) is 7.11 Å². The molecule has 4 heteroatoms. The molecule has 0 saturated heterocycles. The summed E-state index contributed by atoms with van der Waals surface area (Å²) in [5.74, 6) is 0.590. The highest BCUT2D eigenvalue weighted by molar-refractivity contribution is 5.97. The third-order valence-corrected chi connectivity index (χ3v) is 3.31. The Morgan fingerprint density at radius 2 is 2.05 bits per heavy atom. The number of carbonyl (C=O) groups excluding carboxylic acids is 1. The van der Waals surface area contributed by atoms with Gasteiger partial charge < -0.3 is 9.64 Å². The minimum Gasteiger partial charge on any atom is -0.496 e. The van der Waals surface area contributed by atoms with E-state index in [1.54, 1.807) is 30.3 Å². The smallest absolute Gasteiger partial charge is 0.258 e. The standard InChI is InChI=1S/C15H14N2O2/c1-19-14-7-3-2-6-12(14)15(18)17-9-11-5-4-8-16-13(11)10-17/h2-8H,9-10H2,1H3. The number of ether oxygens (including phenoxy) is 1. The highest BCUT2D eigenvalue weighted by Crippen LogP contribution is 2.25. The molecule has 0 radical (unpaired) electrons. The molecule has 2 heterocycles. The summed E-state index contributed by atoms with van der Waals surface area (Å²) in [5, 5.41) is 0. The Morgan fingerprint density at radius 1 is 1.21 bits per heavy atom. The number of hydrogen-bond donors (Lipinski definition) is 0. The lowest BCUT2D eigenvalue weighted by atomic mass is 10.2. The van der Waals surface area contributed by atoms with Gasteiger partial charge in [0, 0.05) is 12.7 Å². The molecule has 4 nitrogen and oxygen atoms in total. The third kappa shape index (κ3) is 2.05. The van der Waals surface area contributed by atoms with E-state index in [9.17, 15) is 4.79 Å². The third-order valence-electron chi connectivity index (χ3n) is 3.31. The van der Waals surface area contributed by atoms with E-state index in [4.69, 9.17) is 4.74 Å². The zero-order chi connectivity index (χ0) is 13.2. The fourth-order valence-electron chi connectivity index (χ4n) is 2.34. The lowest BCUT2D eigenvalue weighted by Crippen LogP contribution is -2.25. The van der Waals surface area contributed by atoms with Crippen molar-refractivity contribution >= 4 is 5.91 Å². The molecule has 1 aliphatic rings. The highest BCUT2D eigenvalue weighted by Gasteiger charge is 2.26. The maximum Gasteiger partial charge on any atom is 0.258 e. The first-order valence-corrected chi connectivity index (χ1v) is 6.14. The van der Waals surface area contributed by atoms with E-state index in [1.807, 2.05) is 24.3 Å². The quantitative estimate of drug-likeness (QED) is 0.825. The van der Waals surface area contributed by atoms with Crippen LogP contribution in [0.15, 0.2) is 42.6 Å². The number of para-hydroxylation sites is 1. The van der Waals surface area contributed by atoms with Crippen LogP contribution in [0.25, 0.3) is 0 Å². The predicted molar refractivity (Wildman–Crippen MR) is 70.8 cm³/mol. The van der Waals surface area contributed by atoms with Crippen molar-refractivity contribution in [3.05, 3.63) is 59.4 Å². The number of hydrogen-bond acceptors (Lipinski definition) is 3. The topological polar surface area (TPSA) is 42.4 Å². The second-order valence-corrected chi connectivity index (χ2v) is 4.47. The molecule has 1 aromatic heterocycles. The van der Waals surface area contributed by atoms with Gasteiger partial charge in [0.2, 0.25) is 0 Å². The van der Waals surface area contributed by atoms with Gasteiger partial charge in [-0.2, -0.15) is 0 Å². The van der Waals surface area contributed by atoms with Crippen molar-refractivity contribution in [1.29, 1.82) is 0 Å². The van der Waals surface area contributed by atoms with Gasteiger partial charge in [-0.05, 0) is 23.8 Å². The molecule has 3 rings (SSSR count). The molecule has 1 aromatic carbocycles. The summed E-state index contributed by atoms with van der Waals surface area (Å²) in [5.41, 5.74) is 2.69. The fourth-order valence-corrected chi connectivity index (χ4v) is 2.34. The van der Waals surface area contributed by atoms with E-state index < -0.39 is 0 Å². The van der Waals surface area contributed by atoms with E-state index in [0.717, 1.165) is 11.3 Å². The summed E-state index contributed by atoms with van der Waals surface area (Å²) < 4.78 is 5.24. The first kappa shape index (κ1) is 11.7. The fraction of sp³-hybridized carbons (Fsp3) is 0.200. The van der Waals surface area contributed by atoms with Crippen LogP contribution in [-0.4, -0.2) is 22.9 Å². The second-order valence-electron chi connectivity index (χ2n) is 4.47. The summed E-state index contributed by atoms with van der Waals surface area (Å²) in [6, 6.07) is 11.2. The monoisotopic (exact) mass is 254 g/mol. The first-order chi connectivity index (χ1) is 9.29. The zero-order valence-corrected chi connectivity index (χ0v) is 10.7. The summed E-state index contributed by atoms with van der Waals surface area (Å²) in [6.07, 6.45) is 1.76. The molecule has 1 amide bonds. The van der Waals surface area contributed by atoms with Crippen LogP contribution in [0.1, 0.15) is 21.6 Å². The normalized spacial score (nSPS) is 13.2. The number of rotatable bonds is 2. The Hall–Kier alpha value is -2.36. The number of benzene rings is 1. The average Bonchev–Trinajstić information content (AvgIpc) is 2.90. The van der Waals surface area contributed by atoms with Gasteiger partial charge in [0.1, 0.15) is 5.75 Å². The van der Waals surface area contributed by atoms with Gasteiger partial charge in [-0.3, -0.25) is 9.78 Å². The minimum absolute atomic E-state index is 0.0181. The number of amides is 1. The van der Waals surface area contributed by atoms with Crippen LogP contribution in [0.5, 0.6) is 5.75 Å². The zero-order valence-electron chi connectivity index (χ0n) is 10.7. The molecule has 0 spiro atoms. The number of methoxy groups -OCH3 is 1. The molecule has 0 atom stereocenters. The minimum atomic E-state index is -0.0181. The van der Waals surface area contributed by atoms with Gasteiger partial charge in [0.15, 0.2) is 0 Å². The molecular weight excluding hydrogens is 240 g/mol. The van der Waals surface area contributed by atoms with Crippen LogP contribution in [0.4, 0.5) is 0 Å². The number of nitrogens with zero attached hydrogens (tertiary/aromatic N) is 2. The molecule has 0 N–H and O–H groups in total. The van der Waals surface area contributed by atoms with Crippen LogP contribution >= 0.6 is 0 Å². The Labute approximate surface area is 111 Å². The Morgan fingerprint density at radius 3 is 2.84 bits per heavy atom. The van der Waals surface area contributed by atoms with E-state index in [2.05, 4.69) is 4.98 Å². The van der Waals surface area contributed by atoms with Gasteiger partial charge in [0.05, 0.1) is 24.9 Å². The van der Waals surface area contributed by atoms with Crippen molar-refractivity contribution in [2.45, 2.75) is 13.1 Å². The lowest BCUT2D eigenvalue weighted by Gasteiger charge is -2.16. The first-order valence-electron chi connectivity index (χ1n) is 6.14. The molecule has 0 fully saturated rings. The van der Waals surface area contributed by atoms with E-state index in [1.165, 1.54) is 0 Å². The number of pyridine rings is 1. The molecule has 96 valence electrons. The molecule has 0 aliphatic carbocycles. The average molecular weight is 254 g/mol. The van der Waals surface area contributed by atoms with Gasteiger partial charge in [0.25, 0.3) is 5.91 Å². The van der Waals surface area contributed by atoms with E-state index >= 15 is 0 Å². The number of fused-ring (bicyclic) bond motifs is 1. The Kier molecular flexibility index (Phi) is 2.91. The number of aromatic nitrogens is 1. The lowest BCUT2D eigenvalue weighted by molar-refractivity contribution is 0.0747. The summed E-state index contributed by atoms with van der Waals surface area (Å²) >= 11 is 0. The summed E-state index contributed by atoms with van der Waals surface area (Å²) in [7, 11) is 1.58.